The summed E-state index contributed by atoms with van der Waals surface area (Å²) >= 11 is 0. The molecule has 0 bridgehead atoms. The number of aliphatic imine (C=N–C) groups is 1. The molecule has 0 atom stereocenters. The first-order valence-electron chi connectivity index (χ1n) is 9.32. The zero-order valence-corrected chi connectivity index (χ0v) is 15.8. The van der Waals surface area contributed by atoms with Gasteiger partial charge in [0.2, 0.25) is 0 Å². The standard InChI is InChI=1S/C24H24N2/c1-14(2)17-10-7-11-18(15(3)4)23(17)26-24-20-13-6-9-16-8-5-12-19(21(16)20)22(24)25/h5-15,25H,1-4H3. The lowest BCUT2D eigenvalue weighted by Crippen LogP contribution is -2.09. The molecule has 1 aliphatic carbocycles. The molecular weight excluding hydrogens is 316 g/mol. The molecule has 0 saturated carbocycles. The number of nitrogens with zero attached hydrogens (tertiary/aromatic N) is 1. The summed E-state index contributed by atoms with van der Waals surface area (Å²) in [6.07, 6.45) is 0. The molecule has 3 aromatic rings. The first-order valence-corrected chi connectivity index (χ1v) is 9.32. The van der Waals surface area contributed by atoms with Gasteiger partial charge in [0.05, 0.1) is 17.1 Å². The van der Waals surface area contributed by atoms with Gasteiger partial charge in [-0.15, -0.1) is 0 Å². The van der Waals surface area contributed by atoms with Crippen molar-refractivity contribution in [3.8, 4) is 0 Å². The van der Waals surface area contributed by atoms with Gasteiger partial charge in [-0.05, 0) is 28.3 Å². The van der Waals surface area contributed by atoms with Gasteiger partial charge in [0, 0.05) is 16.5 Å². The van der Waals surface area contributed by atoms with Crippen LogP contribution in [0.3, 0.4) is 0 Å². The monoisotopic (exact) mass is 340 g/mol. The highest BCUT2D eigenvalue weighted by molar-refractivity contribution is 6.60. The number of benzene rings is 3. The number of hydrogen-bond donors (Lipinski definition) is 1. The fourth-order valence-electron chi connectivity index (χ4n) is 3.88. The highest BCUT2D eigenvalue weighted by Gasteiger charge is 2.26. The van der Waals surface area contributed by atoms with Crippen molar-refractivity contribution in [3.05, 3.63) is 76.9 Å². The molecule has 1 N–H and O–H groups in total. The molecule has 2 heteroatoms. The molecular formula is C24H24N2. The van der Waals surface area contributed by atoms with Crippen LogP contribution in [0.2, 0.25) is 0 Å². The van der Waals surface area contributed by atoms with E-state index in [1.807, 2.05) is 12.1 Å². The van der Waals surface area contributed by atoms with Crippen molar-refractivity contribution in [2.24, 2.45) is 4.99 Å². The largest absolute Gasteiger partial charge is 0.298 e. The predicted octanol–water partition coefficient (Wildman–Crippen LogP) is 6.59. The molecule has 2 nitrogen and oxygen atoms in total. The highest BCUT2D eigenvalue weighted by Crippen LogP contribution is 2.38. The quantitative estimate of drug-likeness (QED) is 0.558. The van der Waals surface area contributed by atoms with Gasteiger partial charge in [0.15, 0.2) is 0 Å². The normalized spacial score (nSPS) is 15.0. The van der Waals surface area contributed by atoms with E-state index in [4.69, 9.17) is 10.4 Å². The summed E-state index contributed by atoms with van der Waals surface area (Å²) in [4.78, 5) is 5.11. The van der Waals surface area contributed by atoms with Crippen LogP contribution in [0.15, 0.2) is 59.6 Å². The molecule has 130 valence electrons. The lowest BCUT2D eigenvalue weighted by atomic mass is 9.92. The van der Waals surface area contributed by atoms with E-state index in [9.17, 15) is 0 Å². The van der Waals surface area contributed by atoms with Crippen molar-refractivity contribution >= 4 is 27.9 Å². The number of para-hydroxylation sites is 1. The zero-order valence-electron chi connectivity index (χ0n) is 15.8. The predicted molar refractivity (Wildman–Crippen MR) is 112 cm³/mol. The maximum atomic E-state index is 8.75. The van der Waals surface area contributed by atoms with Crippen molar-refractivity contribution < 1.29 is 0 Å². The van der Waals surface area contributed by atoms with Crippen LogP contribution < -0.4 is 0 Å². The van der Waals surface area contributed by atoms with Crippen LogP contribution in [0.5, 0.6) is 0 Å². The van der Waals surface area contributed by atoms with Crippen LogP contribution in [0.25, 0.3) is 10.8 Å². The molecule has 0 spiro atoms. The van der Waals surface area contributed by atoms with Crippen LogP contribution in [-0.2, 0) is 0 Å². The molecule has 0 heterocycles. The molecule has 4 rings (SSSR count). The second-order valence-corrected chi connectivity index (χ2v) is 7.64. The summed E-state index contributed by atoms with van der Waals surface area (Å²) in [5, 5.41) is 11.1. The van der Waals surface area contributed by atoms with Crippen molar-refractivity contribution in [3.63, 3.8) is 0 Å². The first kappa shape index (κ1) is 16.7. The van der Waals surface area contributed by atoms with Gasteiger partial charge in [-0.1, -0.05) is 82.3 Å². The summed E-state index contributed by atoms with van der Waals surface area (Å²) in [7, 11) is 0. The van der Waals surface area contributed by atoms with Crippen molar-refractivity contribution in [1.29, 1.82) is 5.41 Å². The van der Waals surface area contributed by atoms with Gasteiger partial charge in [-0.25, -0.2) is 4.99 Å². The summed E-state index contributed by atoms with van der Waals surface area (Å²) < 4.78 is 0. The molecule has 0 fully saturated rings. The van der Waals surface area contributed by atoms with Gasteiger partial charge < -0.3 is 0 Å². The lowest BCUT2D eigenvalue weighted by Gasteiger charge is -2.17. The van der Waals surface area contributed by atoms with Crippen molar-refractivity contribution in [1.82, 2.24) is 0 Å². The lowest BCUT2D eigenvalue weighted by molar-refractivity contribution is 0.835. The Hall–Kier alpha value is -2.74. The van der Waals surface area contributed by atoms with Gasteiger partial charge in [-0.2, -0.15) is 0 Å². The molecule has 0 aliphatic heterocycles. The fraction of sp³-hybridized carbons (Fsp3) is 0.250. The summed E-state index contributed by atoms with van der Waals surface area (Å²) in [6, 6.07) is 18.9. The summed E-state index contributed by atoms with van der Waals surface area (Å²) in [6.45, 7) is 8.83. The third-order valence-electron chi connectivity index (χ3n) is 5.23. The summed E-state index contributed by atoms with van der Waals surface area (Å²) in [5.41, 5.74) is 6.94. The second-order valence-electron chi connectivity index (χ2n) is 7.64. The maximum absolute atomic E-state index is 8.75. The fourth-order valence-corrected chi connectivity index (χ4v) is 3.88. The highest BCUT2D eigenvalue weighted by atomic mass is 14.8. The second kappa shape index (κ2) is 6.21. The Labute approximate surface area is 155 Å². The average molecular weight is 340 g/mol. The molecule has 0 unspecified atom stereocenters. The Balaban J connectivity index is 2.00. The Kier molecular flexibility index (Phi) is 3.99. The minimum absolute atomic E-state index is 0.391. The van der Waals surface area contributed by atoms with Crippen LogP contribution in [0.1, 0.15) is 61.8 Å². The van der Waals surface area contributed by atoms with Gasteiger partial charge >= 0.3 is 0 Å². The van der Waals surface area contributed by atoms with E-state index < -0.39 is 0 Å². The third-order valence-corrected chi connectivity index (χ3v) is 5.23. The molecule has 26 heavy (non-hydrogen) atoms. The molecule has 0 radical (unpaired) electrons. The van der Waals surface area contributed by atoms with E-state index in [0.717, 1.165) is 27.9 Å². The SMILES string of the molecule is CC(C)c1cccc(C(C)C)c1N=C1C(=N)c2cccc3cccc1c23. The van der Waals surface area contributed by atoms with Crippen LogP contribution >= 0.6 is 0 Å². The topological polar surface area (TPSA) is 36.2 Å². The van der Waals surface area contributed by atoms with E-state index in [2.05, 4.69) is 70.2 Å². The molecule has 0 aromatic heterocycles. The Morgan fingerprint density at radius 1 is 0.731 bits per heavy atom. The average Bonchev–Trinajstić information content (AvgIpc) is 2.90. The molecule has 3 aromatic carbocycles. The van der Waals surface area contributed by atoms with E-state index in [-0.39, 0.29) is 0 Å². The zero-order chi connectivity index (χ0) is 18.4. The van der Waals surface area contributed by atoms with Gasteiger partial charge in [0.1, 0.15) is 0 Å². The van der Waals surface area contributed by atoms with E-state index in [1.165, 1.54) is 16.5 Å². The van der Waals surface area contributed by atoms with Crippen LogP contribution in [0.4, 0.5) is 5.69 Å². The Morgan fingerprint density at radius 2 is 1.27 bits per heavy atom. The van der Waals surface area contributed by atoms with Crippen molar-refractivity contribution in [2.75, 3.05) is 0 Å². The van der Waals surface area contributed by atoms with E-state index >= 15 is 0 Å². The number of hydrogen-bond acceptors (Lipinski definition) is 2. The number of rotatable bonds is 3. The number of nitrogens with one attached hydrogen (secondary N) is 1. The molecule has 1 aliphatic rings. The molecule has 0 amide bonds. The van der Waals surface area contributed by atoms with Crippen molar-refractivity contribution in [2.45, 2.75) is 39.5 Å². The minimum Gasteiger partial charge on any atom is -0.298 e. The first-order chi connectivity index (χ1) is 12.5. The van der Waals surface area contributed by atoms with Gasteiger partial charge in [-0.3, -0.25) is 5.41 Å². The van der Waals surface area contributed by atoms with E-state index in [1.54, 1.807) is 0 Å². The molecule has 0 saturated heterocycles. The summed E-state index contributed by atoms with van der Waals surface area (Å²) in [5.74, 6) is 0.781. The minimum atomic E-state index is 0.391. The Bertz CT molecular complexity index is 1020. The third kappa shape index (κ3) is 2.48. The maximum Gasteiger partial charge on any atom is 0.0971 e. The van der Waals surface area contributed by atoms with Crippen LogP contribution in [0, 0.1) is 5.41 Å². The van der Waals surface area contributed by atoms with Crippen LogP contribution in [-0.4, -0.2) is 11.4 Å². The Morgan fingerprint density at radius 3 is 1.85 bits per heavy atom. The van der Waals surface area contributed by atoms with Gasteiger partial charge in [0.25, 0.3) is 0 Å². The van der Waals surface area contributed by atoms with E-state index in [0.29, 0.717) is 17.5 Å². The smallest absolute Gasteiger partial charge is 0.0971 e.